The molecular formula is C13H12FNO5. The summed E-state index contributed by atoms with van der Waals surface area (Å²) >= 11 is 0. The fourth-order valence-corrected chi connectivity index (χ4v) is 1.67. The van der Waals surface area contributed by atoms with Crippen molar-refractivity contribution in [3.8, 4) is 0 Å². The van der Waals surface area contributed by atoms with E-state index in [4.69, 9.17) is 4.74 Å². The number of esters is 2. The van der Waals surface area contributed by atoms with Crippen molar-refractivity contribution in [3.63, 3.8) is 0 Å². The number of rotatable bonds is 4. The van der Waals surface area contributed by atoms with E-state index < -0.39 is 36.3 Å². The van der Waals surface area contributed by atoms with Crippen molar-refractivity contribution in [2.24, 2.45) is 0 Å². The summed E-state index contributed by atoms with van der Waals surface area (Å²) in [7, 11) is 0. The van der Waals surface area contributed by atoms with Crippen LogP contribution in [-0.4, -0.2) is 37.1 Å². The summed E-state index contributed by atoms with van der Waals surface area (Å²) in [6, 6.07) is 5.06. The van der Waals surface area contributed by atoms with Crippen molar-refractivity contribution >= 4 is 17.8 Å². The fourth-order valence-electron chi connectivity index (χ4n) is 1.67. The molecule has 1 aliphatic heterocycles. The highest BCUT2D eigenvalue weighted by Gasteiger charge is 2.30. The minimum Gasteiger partial charge on any atom is -0.463 e. The Morgan fingerprint density at radius 2 is 2.25 bits per heavy atom. The van der Waals surface area contributed by atoms with E-state index in [1.54, 1.807) is 0 Å². The fraction of sp³-hybridized carbons (Fsp3) is 0.308. The van der Waals surface area contributed by atoms with Crippen LogP contribution in [0.5, 0.6) is 0 Å². The number of benzene rings is 1. The predicted molar refractivity (Wildman–Crippen MR) is 64.2 cm³/mol. The maximum atomic E-state index is 12.9. The van der Waals surface area contributed by atoms with Crippen molar-refractivity contribution in [2.75, 3.05) is 13.2 Å². The number of nitrogens with one attached hydrogen (secondary N) is 1. The highest BCUT2D eigenvalue weighted by Crippen LogP contribution is 2.10. The van der Waals surface area contributed by atoms with Crippen molar-refractivity contribution in [1.82, 2.24) is 5.32 Å². The van der Waals surface area contributed by atoms with Crippen LogP contribution in [0.25, 0.3) is 0 Å². The standard InChI is InChI=1S/C13H12FNO5/c14-9-3-1-2-8(6-9)12(17)15-7-11(16)20-10-4-5-19-13(10)18/h1-3,6,10H,4-5,7H2,(H,15,17)/t10-/m1/s1. The molecule has 1 fully saturated rings. The van der Waals surface area contributed by atoms with Gasteiger partial charge in [0.25, 0.3) is 5.91 Å². The Hall–Kier alpha value is -2.44. The third kappa shape index (κ3) is 3.53. The third-order valence-corrected chi connectivity index (χ3v) is 2.64. The van der Waals surface area contributed by atoms with Crippen LogP contribution in [0, 0.1) is 5.82 Å². The van der Waals surface area contributed by atoms with Gasteiger partial charge in [-0.15, -0.1) is 0 Å². The van der Waals surface area contributed by atoms with E-state index in [1.165, 1.54) is 18.2 Å². The number of amides is 1. The van der Waals surface area contributed by atoms with Crippen LogP contribution in [0.2, 0.25) is 0 Å². The van der Waals surface area contributed by atoms with Gasteiger partial charge in [-0.2, -0.15) is 0 Å². The number of carbonyl (C=O) groups is 3. The molecule has 1 aliphatic rings. The van der Waals surface area contributed by atoms with Gasteiger partial charge < -0.3 is 14.8 Å². The topological polar surface area (TPSA) is 81.7 Å². The number of carbonyl (C=O) groups excluding carboxylic acids is 3. The molecule has 0 saturated carbocycles. The molecule has 106 valence electrons. The Labute approximate surface area is 113 Å². The lowest BCUT2D eigenvalue weighted by Crippen LogP contribution is -2.33. The van der Waals surface area contributed by atoms with Gasteiger partial charge in [0.2, 0.25) is 6.10 Å². The molecule has 0 radical (unpaired) electrons. The van der Waals surface area contributed by atoms with E-state index in [1.807, 2.05) is 0 Å². The Balaban J connectivity index is 1.81. The van der Waals surface area contributed by atoms with Crippen LogP contribution >= 0.6 is 0 Å². The van der Waals surface area contributed by atoms with Gasteiger partial charge in [0.05, 0.1) is 6.61 Å². The molecule has 2 rings (SSSR count). The summed E-state index contributed by atoms with van der Waals surface area (Å²) in [5.41, 5.74) is 0.0954. The normalized spacial score (nSPS) is 17.4. The van der Waals surface area contributed by atoms with Gasteiger partial charge in [-0.25, -0.2) is 9.18 Å². The molecule has 7 heteroatoms. The average Bonchev–Trinajstić information content (AvgIpc) is 2.81. The predicted octanol–water partition coefficient (Wildman–Crippen LogP) is 0.414. The molecule has 1 heterocycles. The van der Waals surface area contributed by atoms with Crippen molar-refractivity contribution in [1.29, 1.82) is 0 Å². The van der Waals surface area contributed by atoms with Gasteiger partial charge in [0.1, 0.15) is 12.4 Å². The molecule has 6 nitrogen and oxygen atoms in total. The summed E-state index contributed by atoms with van der Waals surface area (Å²) in [6.07, 6.45) is -0.601. The van der Waals surface area contributed by atoms with Gasteiger partial charge in [-0.1, -0.05) is 6.07 Å². The van der Waals surface area contributed by atoms with E-state index >= 15 is 0 Å². The van der Waals surface area contributed by atoms with Crippen LogP contribution in [0.3, 0.4) is 0 Å². The lowest BCUT2D eigenvalue weighted by molar-refractivity contribution is -0.159. The van der Waals surface area contributed by atoms with E-state index in [9.17, 15) is 18.8 Å². The second-order valence-electron chi connectivity index (χ2n) is 4.13. The quantitative estimate of drug-likeness (QED) is 0.809. The number of hydrogen-bond acceptors (Lipinski definition) is 5. The number of cyclic esters (lactones) is 1. The first-order valence-electron chi connectivity index (χ1n) is 5.96. The second kappa shape index (κ2) is 6.14. The van der Waals surface area contributed by atoms with E-state index in [0.717, 1.165) is 6.07 Å². The zero-order valence-corrected chi connectivity index (χ0v) is 10.4. The molecule has 1 amide bonds. The Morgan fingerprint density at radius 1 is 1.45 bits per heavy atom. The average molecular weight is 281 g/mol. The number of ether oxygens (including phenoxy) is 2. The molecule has 1 atom stereocenters. The SMILES string of the molecule is O=C(CNC(=O)c1cccc(F)c1)O[C@@H]1CCOC1=O. The minimum absolute atomic E-state index is 0.0954. The van der Waals surface area contributed by atoms with Crippen LogP contribution in [0.4, 0.5) is 4.39 Å². The maximum absolute atomic E-state index is 12.9. The van der Waals surface area contributed by atoms with Crippen molar-refractivity contribution in [2.45, 2.75) is 12.5 Å². The number of hydrogen-bond donors (Lipinski definition) is 1. The Bertz CT molecular complexity index is 545. The summed E-state index contributed by atoms with van der Waals surface area (Å²) in [5, 5.41) is 2.28. The lowest BCUT2D eigenvalue weighted by Gasteiger charge is -2.09. The highest BCUT2D eigenvalue weighted by atomic mass is 19.1. The molecule has 1 aromatic carbocycles. The van der Waals surface area contributed by atoms with Gasteiger partial charge >= 0.3 is 11.9 Å². The van der Waals surface area contributed by atoms with Crippen LogP contribution < -0.4 is 5.32 Å². The van der Waals surface area contributed by atoms with Gasteiger partial charge in [-0.05, 0) is 18.2 Å². The summed E-state index contributed by atoms with van der Waals surface area (Å²) < 4.78 is 22.4. The molecule has 0 aromatic heterocycles. The molecule has 1 N–H and O–H groups in total. The van der Waals surface area contributed by atoms with Crippen molar-refractivity contribution in [3.05, 3.63) is 35.6 Å². The molecule has 20 heavy (non-hydrogen) atoms. The van der Waals surface area contributed by atoms with Gasteiger partial charge in [0.15, 0.2) is 0 Å². The molecule has 1 aromatic rings. The molecular weight excluding hydrogens is 269 g/mol. The first-order chi connectivity index (χ1) is 9.56. The summed E-state index contributed by atoms with van der Waals surface area (Å²) in [4.78, 5) is 34.1. The monoisotopic (exact) mass is 281 g/mol. The van der Waals surface area contributed by atoms with Crippen molar-refractivity contribution < 1.29 is 28.2 Å². The third-order valence-electron chi connectivity index (χ3n) is 2.64. The van der Waals surface area contributed by atoms with Gasteiger partial charge in [-0.3, -0.25) is 9.59 Å². The minimum atomic E-state index is -0.909. The Kier molecular flexibility index (Phi) is 4.29. The molecule has 1 saturated heterocycles. The molecule has 0 unspecified atom stereocenters. The smallest absolute Gasteiger partial charge is 0.347 e. The van der Waals surface area contributed by atoms with E-state index in [-0.39, 0.29) is 12.2 Å². The lowest BCUT2D eigenvalue weighted by atomic mass is 10.2. The van der Waals surface area contributed by atoms with E-state index in [0.29, 0.717) is 6.42 Å². The first-order valence-corrected chi connectivity index (χ1v) is 5.96. The summed E-state index contributed by atoms with van der Waals surface area (Å²) in [6.45, 7) is -0.189. The zero-order valence-electron chi connectivity index (χ0n) is 10.4. The van der Waals surface area contributed by atoms with Gasteiger partial charge in [0, 0.05) is 12.0 Å². The van der Waals surface area contributed by atoms with Crippen LogP contribution in [0.15, 0.2) is 24.3 Å². The summed E-state index contributed by atoms with van der Waals surface area (Å²) in [5.74, 6) is -2.49. The second-order valence-corrected chi connectivity index (χ2v) is 4.13. The van der Waals surface area contributed by atoms with E-state index in [2.05, 4.69) is 10.1 Å². The largest absolute Gasteiger partial charge is 0.463 e. The first kappa shape index (κ1) is 14.0. The van der Waals surface area contributed by atoms with Crippen LogP contribution in [0.1, 0.15) is 16.8 Å². The highest BCUT2D eigenvalue weighted by molar-refractivity contribution is 5.96. The Morgan fingerprint density at radius 3 is 2.90 bits per heavy atom. The molecule has 0 spiro atoms. The maximum Gasteiger partial charge on any atom is 0.347 e. The molecule has 0 bridgehead atoms. The zero-order chi connectivity index (χ0) is 14.5. The number of halogens is 1. The van der Waals surface area contributed by atoms with Crippen LogP contribution in [-0.2, 0) is 19.1 Å². The molecule has 0 aliphatic carbocycles.